The zero-order valence-corrected chi connectivity index (χ0v) is 14.6. The molecule has 0 bridgehead atoms. The molecule has 1 heterocycles. The highest BCUT2D eigenvalue weighted by molar-refractivity contribution is 7.88. The van der Waals surface area contributed by atoms with Crippen LogP contribution in [0.2, 0.25) is 0 Å². The van der Waals surface area contributed by atoms with Crippen molar-refractivity contribution < 1.29 is 8.42 Å². The minimum absolute atomic E-state index is 0.0140. The zero-order chi connectivity index (χ0) is 16.2. The molecule has 0 radical (unpaired) electrons. The van der Waals surface area contributed by atoms with Gasteiger partial charge in [0.25, 0.3) is 0 Å². The standard InChI is InChI=1S/C15H21N3O2S2/c1-11(2)18-22(19,20)10-14-7-5-4-6-13(14)9-17-15-16-8-12(3)21-15/h4-8,11,18H,9-10H2,1-3H3,(H,16,17). The number of aryl methyl sites for hydroxylation is 1. The summed E-state index contributed by atoms with van der Waals surface area (Å²) in [5.41, 5.74) is 1.76. The van der Waals surface area contributed by atoms with Crippen LogP contribution >= 0.6 is 11.3 Å². The molecule has 0 aliphatic rings. The van der Waals surface area contributed by atoms with Crippen molar-refractivity contribution in [2.45, 2.75) is 39.1 Å². The van der Waals surface area contributed by atoms with E-state index in [9.17, 15) is 8.42 Å². The second-order valence-corrected chi connectivity index (χ2v) is 8.42. The molecule has 0 amide bonds. The average Bonchev–Trinajstić information content (AvgIpc) is 2.81. The van der Waals surface area contributed by atoms with Crippen LogP contribution in [0.25, 0.3) is 0 Å². The molecule has 7 heteroatoms. The van der Waals surface area contributed by atoms with E-state index in [-0.39, 0.29) is 11.8 Å². The van der Waals surface area contributed by atoms with Crippen molar-refractivity contribution in [3.8, 4) is 0 Å². The number of nitrogens with one attached hydrogen (secondary N) is 2. The molecule has 0 atom stereocenters. The summed E-state index contributed by atoms with van der Waals surface area (Å²) in [4.78, 5) is 5.39. The average molecular weight is 339 g/mol. The highest BCUT2D eigenvalue weighted by atomic mass is 32.2. The number of sulfonamides is 1. The van der Waals surface area contributed by atoms with Gasteiger partial charge in [0.15, 0.2) is 5.13 Å². The normalized spacial score (nSPS) is 11.8. The summed E-state index contributed by atoms with van der Waals surface area (Å²) in [5, 5.41) is 4.08. The van der Waals surface area contributed by atoms with Crippen molar-refractivity contribution in [1.82, 2.24) is 9.71 Å². The lowest BCUT2D eigenvalue weighted by molar-refractivity contribution is 0.569. The van der Waals surface area contributed by atoms with Crippen molar-refractivity contribution in [2.24, 2.45) is 0 Å². The van der Waals surface area contributed by atoms with Gasteiger partial charge in [-0.25, -0.2) is 18.1 Å². The number of hydrogen-bond donors (Lipinski definition) is 2. The second kappa shape index (κ2) is 7.21. The van der Waals surface area contributed by atoms with Crippen molar-refractivity contribution >= 4 is 26.5 Å². The first kappa shape index (κ1) is 16.9. The molecule has 0 aliphatic heterocycles. The second-order valence-electron chi connectivity index (χ2n) is 5.43. The number of rotatable bonds is 7. The van der Waals surface area contributed by atoms with Crippen LogP contribution in [-0.2, 0) is 22.3 Å². The van der Waals surface area contributed by atoms with E-state index in [1.807, 2.05) is 51.2 Å². The zero-order valence-electron chi connectivity index (χ0n) is 13.0. The molecule has 1 aromatic heterocycles. The molecular formula is C15H21N3O2S2. The van der Waals surface area contributed by atoms with Crippen LogP contribution in [0, 0.1) is 6.92 Å². The Bertz CT molecular complexity index is 724. The van der Waals surface area contributed by atoms with E-state index in [1.54, 1.807) is 11.3 Å². The summed E-state index contributed by atoms with van der Waals surface area (Å²) in [6.45, 7) is 6.19. The predicted octanol–water partition coefficient (Wildman–Crippen LogP) is 2.89. The number of nitrogens with zero attached hydrogens (tertiary/aromatic N) is 1. The smallest absolute Gasteiger partial charge is 0.216 e. The van der Waals surface area contributed by atoms with Crippen molar-refractivity contribution in [3.05, 3.63) is 46.5 Å². The van der Waals surface area contributed by atoms with Crippen LogP contribution in [0.4, 0.5) is 5.13 Å². The largest absolute Gasteiger partial charge is 0.357 e. The number of benzene rings is 1. The first-order chi connectivity index (χ1) is 10.4. The fourth-order valence-electron chi connectivity index (χ4n) is 2.08. The lowest BCUT2D eigenvalue weighted by Gasteiger charge is -2.13. The quantitative estimate of drug-likeness (QED) is 0.814. The van der Waals surface area contributed by atoms with Gasteiger partial charge in [0.05, 0.1) is 5.75 Å². The number of aromatic nitrogens is 1. The molecule has 0 unspecified atom stereocenters. The fraction of sp³-hybridized carbons (Fsp3) is 0.400. The van der Waals surface area contributed by atoms with E-state index in [0.717, 1.165) is 21.1 Å². The molecule has 0 fully saturated rings. The molecule has 1 aromatic carbocycles. The molecular weight excluding hydrogens is 318 g/mol. The molecule has 0 saturated heterocycles. The Kier molecular flexibility index (Phi) is 5.55. The third-order valence-electron chi connectivity index (χ3n) is 2.93. The van der Waals surface area contributed by atoms with Crippen molar-refractivity contribution in [2.75, 3.05) is 5.32 Å². The van der Waals surface area contributed by atoms with Crippen LogP contribution in [0.5, 0.6) is 0 Å². The van der Waals surface area contributed by atoms with Gasteiger partial charge < -0.3 is 5.32 Å². The maximum atomic E-state index is 12.1. The van der Waals surface area contributed by atoms with Crippen LogP contribution in [-0.4, -0.2) is 19.4 Å². The summed E-state index contributed by atoms with van der Waals surface area (Å²) in [6.07, 6.45) is 1.82. The Balaban J connectivity index is 2.09. The molecule has 120 valence electrons. The van der Waals surface area contributed by atoms with E-state index < -0.39 is 10.0 Å². The van der Waals surface area contributed by atoms with Crippen LogP contribution < -0.4 is 10.0 Å². The fourth-order valence-corrected chi connectivity index (χ4v) is 4.24. The first-order valence-electron chi connectivity index (χ1n) is 7.09. The van der Waals surface area contributed by atoms with Gasteiger partial charge in [-0.2, -0.15) is 0 Å². The molecule has 22 heavy (non-hydrogen) atoms. The van der Waals surface area contributed by atoms with Gasteiger partial charge in [-0.3, -0.25) is 0 Å². The van der Waals surface area contributed by atoms with Crippen molar-refractivity contribution in [1.29, 1.82) is 0 Å². The highest BCUT2D eigenvalue weighted by Gasteiger charge is 2.15. The molecule has 2 N–H and O–H groups in total. The Morgan fingerprint density at radius 1 is 1.23 bits per heavy atom. The van der Waals surface area contributed by atoms with Crippen LogP contribution in [0.3, 0.4) is 0 Å². The Morgan fingerprint density at radius 2 is 1.91 bits per heavy atom. The first-order valence-corrected chi connectivity index (χ1v) is 9.56. The Labute approximate surface area is 135 Å². The number of thiazole rings is 1. The summed E-state index contributed by atoms with van der Waals surface area (Å²) >= 11 is 1.58. The van der Waals surface area contributed by atoms with Crippen LogP contribution in [0.15, 0.2) is 30.5 Å². The molecule has 5 nitrogen and oxygen atoms in total. The molecule has 0 saturated carbocycles. The van der Waals surface area contributed by atoms with Gasteiger partial charge in [0.2, 0.25) is 10.0 Å². The lowest BCUT2D eigenvalue weighted by atomic mass is 10.1. The monoisotopic (exact) mass is 339 g/mol. The molecule has 2 rings (SSSR count). The maximum absolute atomic E-state index is 12.1. The third-order valence-corrected chi connectivity index (χ3v) is 5.32. The SMILES string of the molecule is Cc1cnc(NCc2ccccc2CS(=O)(=O)NC(C)C)s1. The van der Waals surface area contributed by atoms with Gasteiger partial charge in [-0.15, -0.1) is 11.3 Å². The molecule has 0 aliphatic carbocycles. The minimum Gasteiger partial charge on any atom is -0.357 e. The minimum atomic E-state index is -3.33. The van der Waals surface area contributed by atoms with Crippen molar-refractivity contribution in [3.63, 3.8) is 0 Å². The van der Waals surface area contributed by atoms with Gasteiger partial charge in [-0.1, -0.05) is 24.3 Å². The van der Waals surface area contributed by atoms with Gasteiger partial charge in [0.1, 0.15) is 0 Å². The summed E-state index contributed by atoms with van der Waals surface area (Å²) < 4.78 is 26.8. The summed E-state index contributed by atoms with van der Waals surface area (Å²) in [7, 11) is -3.33. The van der Waals surface area contributed by atoms with E-state index in [0.29, 0.717) is 6.54 Å². The Hall–Kier alpha value is -1.44. The van der Waals surface area contributed by atoms with Gasteiger partial charge in [0, 0.05) is 23.7 Å². The summed E-state index contributed by atoms with van der Waals surface area (Å²) in [6, 6.07) is 7.46. The van der Waals surface area contributed by atoms with Gasteiger partial charge >= 0.3 is 0 Å². The van der Waals surface area contributed by atoms with Gasteiger partial charge in [-0.05, 0) is 31.9 Å². The Morgan fingerprint density at radius 3 is 2.50 bits per heavy atom. The molecule has 0 spiro atoms. The summed E-state index contributed by atoms with van der Waals surface area (Å²) in [5.74, 6) is -0.0140. The van der Waals surface area contributed by atoms with E-state index in [1.165, 1.54) is 0 Å². The molecule has 2 aromatic rings. The number of anilines is 1. The highest BCUT2D eigenvalue weighted by Crippen LogP contribution is 2.19. The topological polar surface area (TPSA) is 71.1 Å². The van der Waals surface area contributed by atoms with Crippen LogP contribution in [0.1, 0.15) is 29.9 Å². The number of hydrogen-bond acceptors (Lipinski definition) is 5. The maximum Gasteiger partial charge on any atom is 0.216 e. The van der Waals surface area contributed by atoms with E-state index >= 15 is 0 Å². The van der Waals surface area contributed by atoms with E-state index in [4.69, 9.17) is 0 Å². The third kappa shape index (κ3) is 5.08. The predicted molar refractivity (Wildman–Crippen MR) is 91.5 cm³/mol. The lowest BCUT2D eigenvalue weighted by Crippen LogP contribution is -2.31. The van der Waals surface area contributed by atoms with E-state index in [2.05, 4.69) is 15.0 Å².